The zero-order chi connectivity index (χ0) is 15.6. The fourth-order valence-corrected chi connectivity index (χ4v) is 4.93. The molecule has 3 nitrogen and oxygen atoms in total. The molecule has 1 N–H and O–H groups in total. The first kappa shape index (κ1) is 15.3. The van der Waals surface area contributed by atoms with Gasteiger partial charge >= 0.3 is 0 Å². The van der Waals surface area contributed by atoms with Crippen molar-refractivity contribution in [1.82, 2.24) is 0 Å². The summed E-state index contributed by atoms with van der Waals surface area (Å²) >= 11 is 4.86. The minimum Gasteiger partial charge on any atom is -0.279 e. The van der Waals surface area contributed by atoms with E-state index in [1.54, 1.807) is 41.7 Å². The van der Waals surface area contributed by atoms with Gasteiger partial charge in [-0.3, -0.25) is 4.72 Å². The van der Waals surface area contributed by atoms with Crippen molar-refractivity contribution in [1.29, 1.82) is 0 Å². The molecule has 0 atom stereocenters. The number of anilines is 1. The Morgan fingerprint density at radius 2 is 1.64 bits per heavy atom. The predicted molar refractivity (Wildman–Crippen MR) is 94.7 cm³/mol. The van der Waals surface area contributed by atoms with Gasteiger partial charge in [-0.25, -0.2) is 8.42 Å². The highest BCUT2D eigenvalue weighted by molar-refractivity contribution is 9.10. The van der Waals surface area contributed by atoms with Crippen LogP contribution in [0.2, 0.25) is 0 Å². The maximum absolute atomic E-state index is 12.6. The number of nitrogens with one attached hydrogen (secondary N) is 1. The maximum atomic E-state index is 12.6. The molecule has 0 saturated heterocycles. The fraction of sp³-hybridized carbons (Fsp3) is 0. The van der Waals surface area contributed by atoms with Gasteiger partial charge in [0.15, 0.2) is 0 Å². The van der Waals surface area contributed by atoms with E-state index in [9.17, 15) is 8.42 Å². The second-order valence-corrected chi connectivity index (χ2v) is 8.01. The Morgan fingerprint density at radius 1 is 0.909 bits per heavy atom. The van der Waals surface area contributed by atoms with Crippen LogP contribution in [-0.2, 0) is 10.0 Å². The first-order chi connectivity index (χ1) is 10.6. The van der Waals surface area contributed by atoms with Gasteiger partial charge < -0.3 is 0 Å². The van der Waals surface area contributed by atoms with Crippen LogP contribution in [0.15, 0.2) is 75.4 Å². The van der Waals surface area contributed by atoms with Crippen molar-refractivity contribution in [2.24, 2.45) is 0 Å². The fourth-order valence-electron chi connectivity index (χ4n) is 2.08. The first-order valence-electron chi connectivity index (χ1n) is 6.48. The van der Waals surface area contributed by atoms with Crippen LogP contribution in [0.5, 0.6) is 0 Å². The molecular formula is C16H12BrNO2S2. The van der Waals surface area contributed by atoms with E-state index in [1.807, 2.05) is 35.7 Å². The molecule has 0 aliphatic heterocycles. The van der Waals surface area contributed by atoms with Crippen LogP contribution >= 0.6 is 27.3 Å². The molecule has 0 saturated carbocycles. The molecule has 0 bridgehead atoms. The number of halogens is 1. The zero-order valence-electron chi connectivity index (χ0n) is 11.4. The van der Waals surface area contributed by atoms with Gasteiger partial charge in [-0.1, -0.05) is 36.4 Å². The predicted octanol–water partition coefficient (Wildman–Crippen LogP) is 4.98. The van der Waals surface area contributed by atoms with Crippen molar-refractivity contribution >= 4 is 43.0 Å². The summed E-state index contributed by atoms with van der Waals surface area (Å²) in [6.07, 6.45) is 0. The summed E-state index contributed by atoms with van der Waals surface area (Å²) in [7, 11) is -3.65. The molecule has 112 valence electrons. The molecule has 2 aromatic carbocycles. The molecule has 1 aromatic heterocycles. The standard InChI is InChI=1S/C16H12BrNO2S2/c17-13-7-2-4-10-16(13)22(19,20)18-14-8-3-1-6-12(14)15-9-5-11-21-15/h1-11,18H. The van der Waals surface area contributed by atoms with Gasteiger partial charge in [-0.2, -0.15) is 0 Å². The van der Waals surface area contributed by atoms with Gasteiger partial charge in [0.05, 0.1) is 5.69 Å². The van der Waals surface area contributed by atoms with Crippen molar-refractivity contribution in [2.45, 2.75) is 4.90 Å². The molecule has 0 aliphatic carbocycles. The SMILES string of the molecule is O=S(=O)(Nc1ccccc1-c1cccs1)c1ccccc1Br. The molecule has 3 rings (SSSR count). The van der Waals surface area contributed by atoms with Crippen molar-refractivity contribution in [3.63, 3.8) is 0 Å². The first-order valence-corrected chi connectivity index (χ1v) is 9.64. The minimum absolute atomic E-state index is 0.219. The third kappa shape index (κ3) is 3.09. The van der Waals surface area contributed by atoms with Crippen LogP contribution in [0.3, 0.4) is 0 Å². The summed E-state index contributed by atoms with van der Waals surface area (Å²) < 4.78 is 28.4. The summed E-state index contributed by atoms with van der Waals surface area (Å²) in [5, 5.41) is 1.97. The van der Waals surface area contributed by atoms with Crippen molar-refractivity contribution in [3.8, 4) is 10.4 Å². The second-order valence-electron chi connectivity index (χ2n) is 4.56. The average molecular weight is 394 g/mol. The molecule has 0 radical (unpaired) electrons. The van der Waals surface area contributed by atoms with Gasteiger partial charge in [0.2, 0.25) is 0 Å². The molecule has 6 heteroatoms. The number of hydrogen-bond donors (Lipinski definition) is 1. The molecule has 0 amide bonds. The zero-order valence-corrected chi connectivity index (χ0v) is 14.6. The van der Waals surface area contributed by atoms with Crippen molar-refractivity contribution < 1.29 is 8.42 Å². The maximum Gasteiger partial charge on any atom is 0.263 e. The molecule has 1 heterocycles. The Labute approximate surface area is 141 Å². The largest absolute Gasteiger partial charge is 0.279 e. The van der Waals surface area contributed by atoms with E-state index in [4.69, 9.17) is 0 Å². The summed E-state index contributed by atoms with van der Waals surface area (Å²) in [6.45, 7) is 0. The van der Waals surface area contributed by atoms with Crippen molar-refractivity contribution in [3.05, 3.63) is 70.5 Å². The molecule has 0 aliphatic rings. The average Bonchev–Trinajstić information content (AvgIpc) is 3.02. The third-order valence-electron chi connectivity index (χ3n) is 3.08. The van der Waals surface area contributed by atoms with Crippen molar-refractivity contribution in [2.75, 3.05) is 4.72 Å². The Balaban J connectivity index is 2.03. The van der Waals surface area contributed by atoms with Crippen LogP contribution in [-0.4, -0.2) is 8.42 Å². The monoisotopic (exact) mass is 393 g/mol. The van der Waals surface area contributed by atoms with Crippen LogP contribution in [0, 0.1) is 0 Å². The van der Waals surface area contributed by atoms with E-state index in [0.29, 0.717) is 10.2 Å². The molecule has 0 fully saturated rings. The van der Waals surface area contributed by atoms with Gasteiger partial charge in [0, 0.05) is 14.9 Å². The quantitative estimate of drug-likeness (QED) is 0.679. The molecule has 0 unspecified atom stereocenters. The summed E-state index contributed by atoms with van der Waals surface area (Å²) in [5.74, 6) is 0. The lowest BCUT2D eigenvalue weighted by Gasteiger charge is -2.12. The van der Waals surface area contributed by atoms with E-state index < -0.39 is 10.0 Å². The topological polar surface area (TPSA) is 46.2 Å². The number of para-hydroxylation sites is 1. The lowest BCUT2D eigenvalue weighted by atomic mass is 10.1. The molecule has 22 heavy (non-hydrogen) atoms. The normalized spacial score (nSPS) is 11.3. The van der Waals surface area contributed by atoms with E-state index in [0.717, 1.165) is 10.4 Å². The minimum atomic E-state index is -3.65. The highest BCUT2D eigenvalue weighted by atomic mass is 79.9. The Kier molecular flexibility index (Phi) is 4.33. The van der Waals surface area contributed by atoms with E-state index in [1.165, 1.54) is 0 Å². The van der Waals surface area contributed by atoms with E-state index >= 15 is 0 Å². The van der Waals surface area contributed by atoms with Gasteiger partial charge in [-0.15, -0.1) is 11.3 Å². The highest BCUT2D eigenvalue weighted by Crippen LogP contribution is 2.33. The third-order valence-corrected chi connectivity index (χ3v) is 6.36. The van der Waals surface area contributed by atoms with E-state index in [-0.39, 0.29) is 4.90 Å². The Hall–Kier alpha value is -1.63. The number of thiophene rings is 1. The number of hydrogen-bond acceptors (Lipinski definition) is 3. The highest BCUT2D eigenvalue weighted by Gasteiger charge is 2.19. The van der Waals surface area contributed by atoms with Crippen LogP contribution in [0.1, 0.15) is 0 Å². The van der Waals surface area contributed by atoms with Gasteiger partial charge in [-0.05, 0) is 45.6 Å². The van der Waals surface area contributed by atoms with Gasteiger partial charge in [0.1, 0.15) is 4.90 Å². The second kappa shape index (κ2) is 6.24. The molecule has 3 aromatic rings. The van der Waals surface area contributed by atoms with Gasteiger partial charge in [0.25, 0.3) is 10.0 Å². The summed E-state index contributed by atoms with van der Waals surface area (Å²) in [4.78, 5) is 1.24. The van der Waals surface area contributed by atoms with Crippen LogP contribution < -0.4 is 4.72 Å². The lowest BCUT2D eigenvalue weighted by Crippen LogP contribution is -2.14. The van der Waals surface area contributed by atoms with Crippen LogP contribution in [0.4, 0.5) is 5.69 Å². The smallest absolute Gasteiger partial charge is 0.263 e. The molecule has 0 spiro atoms. The number of sulfonamides is 1. The number of benzene rings is 2. The summed E-state index contributed by atoms with van der Waals surface area (Å²) in [6, 6.07) is 18.1. The Bertz CT molecular complexity index is 890. The number of rotatable bonds is 4. The van der Waals surface area contributed by atoms with E-state index in [2.05, 4.69) is 20.7 Å². The summed E-state index contributed by atoms with van der Waals surface area (Å²) in [5.41, 5.74) is 1.44. The Morgan fingerprint density at radius 3 is 2.36 bits per heavy atom. The van der Waals surface area contributed by atoms with Crippen LogP contribution in [0.25, 0.3) is 10.4 Å². The molecular weight excluding hydrogens is 382 g/mol. The lowest BCUT2D eigenvalue weighted by molar-refractivity contribution is 0.601.